The molecule has 0 saturated heterocycles. The van der Waals surface area contributed by atoms with E-state index < -0.39 is 5.97 Å². The van der Waals surface area contributed by atoms with Gasteiger partial charge in [-0.15, -0.1) is 11.3 Å². The first kappa shape index (κ1) is 9.41. The molecular formula is C7H6BrNO2S. The lowest BCUT2D eigenvalue weighted by molar-refractivity contribution is -0.132. The van der Waals surface area contributed by atoms with Gasteiger partial charge in [-0.3, -0.25) is 0 Å². The molecule has 1 N–H and O–H groups in total. The number of thiazole rings is 1. The first-order valence-corrected chi connectivity index (χ1v) is 4.78. The molecule has 3 nitrogen and oxygen atoms in total. The van der Waals surface area contributed by atoms with E-state index >= 15 is 0 Å². The Bertz CT molecular complexity index is 321. The van der Waals surface area contributed by atoms with Gasteiger partial charge in [0.2, 0.25) is 0 Å². The number of nitrogens with zero attached hydrogens (tertiary/aromatic N) is 1. The second-order valence-electron chi connectivity index (χ2n) is 2.18. The molecule has 12 heavy (non-hydrogen) atoms. The Morgan fingerprint density at radius 1 is 1.83 bits per heavy atom. The number of carbonyl (C=O) groups is 1. The van der Waals surface area contributed by atoms with Crippen molar-refractivity contribution in [1.82, 2.24) is 4.98 Å². The van der Waals surface area contributed by atoms with Gasteiger partial charge < -0.3 is 5.11 Å². The molecule has 1 aromatic rings. The third-order valence-electron chi connectivity index (χ3n) is 1.22. The maximum Gasteiger partial charge on any atom is 0.331 e. The molecule has 0 amide bonds. The molecular weight excluding hydrogens is 242 g/mol. The number of carboxylic acid groups (broad SMARTS) is 1. The van der Waals surface area contributed by atoms with Crippen molar-refractivity contribution in [3.8, 4) is 0 Å². The standard InChI is InChI=1S/C7H6BrNO2S/c1-4(6(10)11)2-5-3-12-7(8)9-5/h3H,1-2H2,(H,10,11). The average molecular weight is 248 g/mol. The minimum absolute atomic E-state index is 0.160. The zero-order valence-corrected chi connectivity index (χ0v) is 8.48. The number of hydrogen-bond acceptors (Lipinski definition) is 3. The summed E-state index contributed by atoms with van der Waals surface area (Å²) < 4.78 is 0.760. The van der Waals surface area contributed by atoms with Gasteiger partial charge in [0.05, 0.1) is 5.69 Å². The lowest BCUT2D eigenvalue weighted by Gasteiger charge is -1.94. The van der Waals surface area contributed by atoms with Gasteiger partial charge in [0.25, 0.3) is 0 Å². The van der Waals surface area contributed by atoms with Crippen molar-refractivity contribution >= 4 is 33.2 Å². The largest absolute Gasteiger partial charge is 0.478 e. The third-order valence-corrected chi connectivity index (χ3v) is 2.63. The highest BCUT2D eigenvalue weighted by atomic mass is 79.9. The fraction of sp³-hybridized carbons (Fsp3) is 0.143. The molecule has 0 aromatic carbocycles. The van der Waals surface area contributed by atoms with E-state index in [-0.39, 0.29) is 5.57 Å². The minimum Gasteiger partial charge on any atom is -0.478 e. The van der Waals surface area contributed by atoms with E-state index in [0.29, 0.717) is 6.42 Å². The molecule has 0 saturated carbocycles. The maximum atomic E-state index is 10.4. The van der Waals surface area contributed by atoms with Crippen LogP contribution in [0.5, 0.6) is 0 Å². The molecule has 1 rings (SSSR count). The van der Waals surface area contributed by atoms with Crippen LogP contribution in [-0.2, 0) is 11.2 Å². The van der Waals surface area contributed by atoms with Crippen molar-refractivity contribution in [2.24, 2.45) is 0 Å². The van der Waals surface area contributed by atoms with Crippen LogP contribution in [0.15, 0.2) is 21.4 Å². The lowest BCUT2D eigenvalue weighted by atomic mass is 10.2. The van der Waals surface area contributed by atoms with E-state index in [2.05, 4.69) is 27.5 Å². The Morgan fingerprint density at radius 2 is 2.50 bits per heavy atom. The Balaban J connectivity index is 2.64. The predicted molar refractivity (Wildman–Crippen MR) is 50.3 cm³/mol. The van der Waals surface area contributed by atoms with Crippen molar-refractivity contribution in [3.05, 3.63) is 27.1 Å². The van der Waals surface area contributed by atoms with Gasteiger partial charge in [0, 0.05) is 17.4 Å². The van der Waals surface area contributed by atoms with Gasteiger partial charge in [0.15, 0.2) is 3.92 Å². The fourth-order valence-corrected chi connectivity index (χ4v) is 1.71. The number of aromatic nitrogens is 1. The van der Waals surface area contributed by atoms with Crippen LogP contribution in [0.1, 0.15) is 5.69 Å². The second-order valence-corrected chi connectivity index (χ2v) is 4.31. The molecule has 0 spiro atoms. The van der Waals surface area contributed by atoms with Crippen molar-refractivity contribution in [3.63, 3.8) is 0 Å². The van der Waals surface area contributed by atoms with Crippen LogP contribution < -0.4 is 0 Å². The van der Waals surface area contributed by atoms with Gasteiger partial charge >= 0.3 is 5.97 Å². The van der Waals surface area contributed by atoms with E-state index in [4.69, 9.17) is 5.11 Å². The van der Waals surface area contributed by atoms with Crippen LogP contribution in [0.3, 0.4) is 0 Å². The van der Waals surface area contributed by atoms with Gasteiger partial charge in [-0.25, -0.2) is 9.78 Å². The Hall–Kier alpha value is -0.680. The lowest BCUT2D eigenvalue weighted by Crippen LogP contribution is -2.02. The fourth-order valence-electron chi connectivity index (χ4n) is 0.658. The van der Waals surface area contributed by atoms with Crippen molar-refractivity contribution < 1.29 is 9.90 Å². The molecule has 0 aliphatic carbocycles. The zero-order chi connectivity index (χ0) is 9.14. The summed E-state index contributed by atoms with van der Waals surface area (Å²) in [5.41, 5.74) is 0.895. The molecule has 1 aromatic heterocycles. The summed E-state index contributed by atoms with van der Waals surface area (Å²) >= 11 is 4.62. The molecule has 0 aliphatic rings. The van der Waals surface area contributed by atoms with Gasteiger partial charge in [-0.1, -0.05) is 6.58 Å². The number of rotatable bonds is 3. The molecule has 5 heteroatoms. The molecule has 64 valence electrons. The normalized spacial score (nSPS) is 9.75. The van der Waals surface area contributed by atoms with E-state index in [9.17, 15) is 4.79 Å². The molecule has 0 fully saturated rings. The monoisotopic (exact) mass is 247 g/mol. The minimum atomic E-state index is -0.973. The van der Waals surface area contributed by atoms with Crippen molar-refractivity contribution in [2.75, 3.05) is 0 Å². The SMILES string of the molecule is C=C(Cc1csc(Br)n1)C(=O)O. The quantitative estimate of drug-likeness (QED) is 0.833. The van der Waals surface area contributed by atoms with Gasteiger partial charge in [-0.2, -0.15) is 0 Å². The van der Waals surface area contributed by atoms with E-state index in [0.717, 1.165) is 9.61 Å². The van der Waals surface area contributed by atoms with Crippen LogP contribution in [0.4, 0.5) is 0 Å². The highest BCUT2D eigenvalue weighted by Crippen LogP contribution is 2.17. The van der Waals surface area contributed by atoms with Crippen LogP contribution in [0.25, 0.3) is 0 Å². The molecule has 0 radical (unpaired) electrons. The van der Waals surface area contributed by atoms with E-state index in [1.807, 2.05) is 0 Å². The first-order valence-electron chi connectivity index (χ1n) is 3.10. The van der Waals surface area contributed by atoms with Crippen molar-refractivity contribution in [1.29, 1.82) is 0 Å². The van der Waals surface area contributed by atoms with Gasteiger partial charge in [0.1, 0.15) is 0 Å². The molecule has 0 bridgehead atoms. The molecule has 0 unspecified atom stereocenters. The highest BCUT2D eigenvalue weighted by molar-refractivity contribution is 9.11. The summed E-state index contributed by atoms with van der Waals surface area (Å²) in [5, 5.41) is 10.3. The summed E-state index contributed by atoms with van der Waals surface area (Å²) in [4.78, 5) is 14.4. The zero-order valence-electron chi connectivity index (χ0n) is 6.08. The Labute approximate surface area is 81.9 Å². The summed E-state index contributed by atoms with van der Waals surface area (Å²) in [5.74, 6) is -0.973. The van der Waals surface area contributed by atoms with Gasteiger partial charge in [-0.05, 0) is 15.9 Å². The van der Waals surface area contributed by atoms with Crippen LogP contribution in [0, 0.1) is 0 Å². The molecule has 0 atom stereocenters. The predicted octanol–water partition coefficient (Wildman–Crippen LogP) is 2.09. The second kappa shape index (κ2) is 3.82. The van der Waals surface area contributed by atoms with Crippen molar-refractivity contribution in [2.45, 2.75) is 6.42 Å². The van der Waals surface area contributed by atoms with E-state index in [1.165, 1.54) is 11.3 Å². The van der Waals surface area contributed by atoms with Crippen LogP contribution in [-0.4, -0.2) is 16.1 Å². The molecule has 1 heterocycles. The van der Waals surface area contributed by atoms with Crippen LogP contribution in [0.2, 0.25) is 0 Å². The summed E-state index contributed by atoms with van der Waals surface area (Å²) in [7, 11) is 0. The topological polar surface area (TPSA) is 50.2 Å². The average Bonchev–Trinajstić information content (AvgIpc) is 2.35. The Morgan fingerprint density at radius 3 is 2.92 bits per heavy atom. The summed E-state index contributed by atoms with van der Waals surface area (Å²) in [6.07, 6.45) is 0.303. The third kappa shape index (κ3) is 2.42. The van der Waals surface area contributed by atoms with Crippen LogP contribution >= 0.6 is 27.3 Å². The number of halogens is 1. The maximum absolute atomic E-state index is 10.4. The highest BCUT2D eigenvalue weighted by Gasteiger charge is 2.07. The smallest absolute Gasteiger partial charge is 0.331 e. The number of hydrogen-bond donors (Lipinski definition) is 1. The number of carboxylic acids is 1. The summed E-state index contributed by atoms with van der Waals surface area (Å²) in [6.45, 7) is 3.41. The van der Waals surface area contributed by atoms with E-state index in [1.54, 1.807) is 5.38 Å². The summed E-state index contributed by atoms with van der Waals surface area (Å²) in [6, 6.07) is 0. The number of aliphatic carboxylic acids is 1. The first-order chi connectivity index (χ1) is 5.59. The Kier molecular flexibility index (Phi) is 2.99. The molecule has 0 aliphatic heterocycles.